The molecule has 3 aromatic rings. The highest BCUT2D eigenvalue weighted by Gasteiger charge is 2.17. The van der Waals surface area contributed by atoms with Crippen molar-refractivity contribution in [1.29, 1.82) is 5.26 Å². The Hall–Kier alpha value is -1.83. The van der Waals surface area contributed by atoms with Gasteiger partial charge in [-0.15, -0.1) is 11.3 Å². The minimum Gasteiger partial charge on any atom is -0.323 e. The van der Waals surface area contributed by atoms with E-state index in [1.165, 1.54) is 0 Å². The van der Waals surface area contributed by atoms with E-state index in [1.54, 1.807) is 11.3 Å². The van der Waals surface area contributed by atoms with Crippen molar-refractivity contribution in [3.8, 4) is 16.8 Å². The fourth-order valence-corrected chi connectivity index (χ4v) is 3.51. The summed E-state index contributed by atoms with van der Waals surface area (Å²) in [5.74, 6) is 1.38. The second-order valence-corrected chi connectivity index (χ2v) is 6.68. The zero-order valence-corrected chi connectivity index (χ0v) is 13.4. The summed E-state index contributed by atoms with van der Waals surface area (Å²) in [6.45, 7) is 5.22. The van der Waals surface area contributed by atoms with Gasteiger partial charge in [0.2, 0.25) is 0 Å². The summed E-state index contributed by atoms with van der Waals surface area (Å²) < 4.78 is 2.19. The van der Waals surface area contributed by atoms with Crippen molar-refractivity contribution < 1.29 is 0 Å². The van der Waals surface area contributed by atoms with E-state index in [0.29, 0.717) is 11.5 Å². The summed E-state index contributed by atoms with van der Waals surface area (Å²) in [5.41, 5.74) is 2.51. The average Bonchev–Trinajstić information content (AvgIpc) is 3.02. The molecule has 0 amide bonds. The van der Waals surface area contributed by atoms with Gasteiger partial charge in [0.15, 0.2) is 5.82 Å². The summed E-state index contributed by atoms with van der Waals surface area (Å²) >= 11 is 7.86. The number of nitriles is 1. The third-order valence-electron chi connectivity index (χ3n) is 3.25. The normalized spacial score (nSPS) is 11.2. The van der Waals surface area contributed by atoms with Crippen LogP contribution < -0.4 is 0 Å². The van der Waals surface area contributed by atoms with Gasteiger partial charge in [0, 0.05) is 6.54 Å². The molecular formula is C16H14ClN3S. The number of imidazole rings is 1. The van der Waals surface area contributed by atoms with E-state index in [9.17, 15) is 0 Å². The molecule has 1 aromatic carbocycles. The summed E-state index contributed by atoms with van der Waals surface area (Å²) in [6, 6.07) is 9.68. The maximum absolute atomic E-state index is 9.04. The fraction of sp³-hybridized carbons (Fsp3) is 0.250. The van der Waals surface area contributed by atoms with Crippen LogP contribution in [0.5, 0.6) is 0 Å². The number of benzene rings is 1. The predicted molar refractivity (Wildman–Crippen MR) is 87.6 cm³/mol. The zero-order chi connectivity index (χ0) is 15.0. The van der Waals surface area contributed by atoms with E-state index in [0.717, 1.165) is 33.3 Å². The lowest BCUT2D eigenvalue weighted by atomic mass is 10.2. The lowest BCUT2D eigenvalue weighted by Crippen LogP contribution is -2.05. The summed E-state index contributed by atoms with van der Waals surface area (Å²) in [4.78, 5) is 5.69. The van der Waals surface area contributed by atoms with Crippen LogP contribution in [0.1, 0.15) is 19.4 Å². The fourth-order valence-electron chi connectivity index (χ4n) is 2.38. The number of nitrogens with zero attached hydrogens (tertiary/aromatic N) is 3. The van der Waals surface area contributed by atoms with Crippen LogP contribution in [0.3, 0.4) is 0 Å². The Labute approximate surface area is 132 Å². The molecule has 0 unspecified atom stereocenters. The molecule has 0 bridgehead atoms. The molecule has 0 radical (unpaired) electrons. The maximum atomic E-state index is 9.04. The number of halogens is 1. The highest BCUT2D eigenvalue weighted by molar-refractivity contribution is 7.14. The number of hydrogen-bond donors (Lipinski definition) is 0. The second-order valence-electron chi connectivity index (χ2n) is 5.35. The van der Waals surface area contributed by atoms with Crippen LogP contribution in [0.25, 0.3) is 21.7 Å². The Morgan fingerprint density at radius 1 is 1.38 bits per heavy atom. The Morgan fingerprint density at radius 2 is 2.19 bits per heavy atom. The minimum atomic E-state index is 0.496. The Balaban J connectivity index is 2.27. The number of thiophene rings is 1. The largest absolute Gasteiger partial charge is 0.323 e. The molecule has 0 saturated carbocycles. The third-order valence-corrected chi connectivity index (χ3v) is 4.58. The molecule has 2 aromatic heterocycles. The van der Waals surface area contributed by atoms with Crippen molar-refractivity contribution in [1.82, 2.24) is 9.55 Å². The zero-order valence-electron chi connectivity index (χ0n) is 11.8. The second kappa shape index (κ2) is 5.51. The molecule has 0 fully saturated rings. The van der Waals surface area contributed by atoms with Crippen LogP contribution in [0.4, 0.5) is 0 Å². The summed E-state index contributed by atoms with van der Waals surface area (Å²) in [5, 5.41) is 11.7. The van der Waals surface area contributed by atoms with E-state index in [2.05, 4.69) is 24.5 Å². The summed E-state index contributed by atoms with van der Waals surface area (Å²) in [7, 11) is 0. The number of hydrogen-bond acceptors (Lipinski definition) is 3. The maximum Gasteiger partial charge on any atom is 0.152 e. The van der Waals surface area contributed by atoms with Crippen molar-refractivity contribution in [2.24, 2.45) is 5.92 Å². The highest BCUT2D eigenvalue weighted by atomic mass is 35.5. The predicted octanol–water partition coefficient (Wildman–Crippen LogP) is 4.95. The molecule has 0 N–H and O–H groups in total. The van der Waals surface area contributed by atoms with Crippen LogP contribution in [0, 0.1) is 17.2 Å². The van der Waals surface area contributed by atoms with Gasteiger partial charge in [0.05, 0.1) is 32.6 Å². The first kappa shape index (κ1) is 14.1. The molecule has 0 spiro atoms. The molecule has 106 valence electrons. The van der Waals surface area contributed by atoms with Crippen LogP contribution >= 0.6 is 22.9 Å². The quantitative estimate of drug-likeness (QED) is 0.686. The minimum absolute atomic E-state index is 0.496. The molecule has 2 heterocycles. The van der Waals surface area contributed by atoms with Gasteiger partial charge in [-0.25, -0.2) is 4.98 Å². The van der Waals surface area contributed by atoms with E-state index in [-0.39, 0.29) is 0 Å². The molecule has 5 heteroatoms. The standard InChI is InChI=1S/C16H14ClN3S/c1-10(2)9-20-14-4-3-11(8-18)7-13(14)19-16(20)15-12(17)5-6-21-15/h3-7,10H,9H2,1-2H3. The molecular weight excluding hydrogens is 302 g/mol. The van der Waals surface area contributed by atoms with Crippen LogP contribution in [-0.2, 0) is 6.54 Å². The van der Waals surface area contributed by atoms with Crippen molar-refractivity contribution in [2.45, 2.75) is 20.4 Å². The monoisotopic (exact) mass is 315 g/mol. The van der Waals surface area contributed by atoms with Gasteiger partial charge >= 0.3 is 0 Å². The Kier molecular flexibility index (Phi) is 3.71. The van der Waals surface area contributed by atoms with Gasteiger partial charge in [-0.3, -0.25) is 0 Å². The molecule has 0 saturated heterocycles. The van der Waals surface area contributed by atoms with Crippen molar-refractivity contribution >= 4 is 34.0 Å². The number of aromatic nitrogens is 2. The van der Waals surface area contributed by atoms with Crippen LogP contribution in [-0.4, -0.2) is 9.55 Å². The van der Waals surface area contributed by atoms with E-state index < -0.39 is 0 Å². The smallest absolute Gasteiger partial charge is 0.152 e. The SMILES string of the molecule is CC(C)Cn1c(-c2sccc2Cl)nc2cc(C#N)ccc21. The van der Waals surface area contributed by atoms with Gasteiger partial charge in [-0.05, 0) is 35.6 Å². The van der Waals surface area contributed by atoms with E-state index in [1.807, 2.05) is 29.6 Å². The van der Waals surface area contributed by atoms with Gasteiger partial charge < -0.3 is 4.57 Å². The van der Waals surface area contributed by atoms with Crippen LogP contribution in [0.15, 0.2) is 29.6 Å². The highest BCUT2D eigenvalue weighted by Crippen LogP contribution is 2.35. The first-order valence-electron chi connectivity index (χ1n) is 6.74. The van der Waals surface area contributed by atoms with Crippen molar-refractivity contribution in [2.75, 3.05) is 0 Å². The van der Waals surface area contributed by atoms with Crippen molar-refractivity contribution in [3.63, 3.8) is 0 Å². The van der Waals surface area contributed by atoms with Crippen molar-refractivity contribution in [3.05, 3.63) is 40.2 Å². The molecule has 0 atom stereocenters. The van der Waals surface area contributed by atoms with E-state index in [4.69, 9.17) is 21.8 Å². The summed E-state index contributed by atoms with van der Waals surface area (Å²) in [6.07, 6.45) is 0. The van der Waals surface area contributed by atoms with E-state index >= 15 is 0 Å². The van der Waals surface area contributed by atoms with Crippen LogP contribution in [0.2, 0.25) is 5.02 Å². The first-order chi connectivity index (χ1) is 10.1. The molecule has 0 aliphatic carbocycles. The molecule has 0 aliphatic heterocycles. The molecule has 21 heavy (non-hydrogen) atoms. The van der Waals surface area contributed by atoms with Gasteiger partial charge in [-0.1, -0.05) is 25.4 Å². The number of rotatable bonds is 3. The lowest BCUT2D eigenvalue weighted by molar-refractivity contribution is 0.537. The topological polar surface area (TPSA) is 41.6 Å². The lowest BCUT2D eigenvalue weighted by Gasteiger charge is -2.11. The molecule has 3 nitrogen and oxygen atoms in total. The Morgan fingerprint density at radius 3 is 2.81 bits per heavy atom. The van der Waals surface area contributed by atoms with Gasteiger partial charge in [0.1, 0.15) is 0 Å². The first-order valence-corrected chi connectivity index (χ1v) is 7.99. The van der Waals surface area contributed by atoms with Gasteiger partial charge in [0.25, 0.3) is 0 Å². The molecule has 3 rings (SSSR count). The number of fused-ring (bicyclic) bond motifs is 1. The van der Waals surface area contributed by atoms with Gasteiger partial charge in [-0.2, -0.15) is 5.26 Å². The third kappa shape index (κ3) is 2.55. The Bertz CT molecular complexity index is 839. The molecule has 0 aliphatic rings. The average molecular weight is 316 g/mol.